The Hall–Kier alpha value is -4.13. The van der Waals surface area contributed by atoms with Gasteiger partial charge in [-0.2, -0.15) is 9.78 Å². The van der Waals surface area contributed by atoms with Gasteiger partial charge in [-0.05, 0) is 84.1 Å². The number of aromatic nitrogens is 2. The predicted octanol–water partition coefficient (Wildman–Crippen LogP) is 8.27. The van der Waals surface area contributed by atoms with Gasteiger partial charge in [0.05, 0.1) is 24.2 Å². The second kappa shape index (κ2) is 12.2. The number of hydrogen-bond donors (Lipinski definition) is 0. The van der Waals surface area contributed by atoms with Gasteiger partial charge in [0, 0.05) is 21.2 Å². The van der Waals surface area contributed by atoms with Crippen molar-refractivity contribution in [2.45, 2.75) is 33.3 Å². The molecule has 0 saturated heterocycles. The Morgan fingerprint density at radius 1 is 0.951 bits per heavy atom. The molecule has 0 spiro atoms. The normalized spacial score (nSPS) is 11.5. The molecule has 0 atom stereocenters. The molecule has 1 heterocycles. The van der Waals surface area contributed by atoms with Crippen LogP contribution in [0.25, 0.3) is 22.3 Å². The number of fused-ring (bicyclic) bond motifs is 1. The van der Waals surface area contributed by atoms with Gasteiger partial charge < -0.3 is 9.47 Å². The number of nitrogens with zero attached hydrogens (tertiary/aromatic N) is 3. The van der Waals surface area contributed by atoms with Gasteiger partial charge in [0.2, 0.25) is 0 Å². The van der Waals surface area contributed by atoms with E-state index in [9.17, 15) is 4.79 Å². The van der Waals surface area contributed by atoms with Crippen LogP contribution in [-0.4, -0.2) is 23.0 Å². The van der Waals surface area contributed by atoms with E-state index in [1.165, 1.54) is 4.68 Å². The Morgan fingerprint density at radius 3 is 2.41 bits per heavy atom. The lowest BCUT2D eigenvalue weighted by atomic mass is 9.96. The molecule has 0 N–H and O–H groups in total. The Bertz CT molecular complexity index is 1810. The lowest BCUT2D eigenvalue weighted by molar-refractivity contribution is 0.306. The number of methoxy groups -OCH3 is 1. The summed E-state index contributed by atoms with van der Waals surface area (Å²) in [5.41, 5.74) is 4.60. The summed E-state index contributed by atoms with van der Waals surface area (Å²) < 4.78 is 13.1. The summed E-state index contributed by atoms with van der Waals surface area (Å²) in [5, 5.41) is 6.30. The summed E-state index contributed by atoms with van der Waals surface area (Å²) in [4.78, 5) is 18.7. The van der Waals surface area contributed by atoms with Crippen molar-refractivity contribution in [1.29, 1.82) is 0 Å². The monoisotopic (exact) mass is 585 g/mol. The molecule has 8 heteroatoms. The number of ether oxygens (including phenoxy) is 2. The molecule has 0 unspecified atom stereocenters. The number of hydrogen-bond acceptors (Lipinski definition) is 5. The second-order valence-corrected chi connectivity index (χ2v) is 10.8. The third-order valence-corrected chi connectivity index (χ3v) is 7.27. The number of benzene rings is 4. The minimum atomic E-state index is -0.283. The van der Waals surface area contributed by atoms with Gasteiger partial charge in [0.15, 0.2) is 5.82 Å². The number of halogens is 2. The summed E-state index contributed by atoms with van der Waals surface area (Å²) >= 11 is 12.4. The molecule has 0 amide bonds. The van der Waals surface area contributed by atoms with E-state index in [1.807, 2.05) is 61.5 Å². The number of rotatable bonds is 8. The quantitative estimate of drug-likeness (QED) is 0.172. The summed E-state index contributed by atoms with van der Waals surface area (Å²) in [6, 6.07) is 24.0. The Morgan fingerprint density at radius 2 is 1.68 bits per heavy atom. The van der Waals surface area contributed by atoms with Crippen LogP contribution in [0.1, 0.15) is 42.0 Å². The molecule has 0 aliphatic heterocycles. The molecule has 0 aliphatic rings. The molecule has 5 rings (SSSR count). The average molecular weight is 587 g/mol. The van der Waals surface area contributed by atoms with Crippen LogP contribution in [0, 0.1) is 6.92 Å². The van der Waals surface area contributed by atoms with Crippen LogP contribution < -0.4 is 15.0 Å². The third-order valence-electron chi connectivity index (χ3n) is 6.79. The van der Waals surface area contributed by atoms with Gasteiger partial charge in [-0.15, -0.1) is 0 Å². The van der Waals surface area contributed by atoms with Crippen molar-refractivity contribution >= 4 is 40.3 Å². The van der Waals surface area contributed by atoms with Crippen molar-refractivity contribution in [1.82, 2.24) is 9.66 Å². The standard InChI is InChI=1S/C33H29Cl2N3O3/c1-20(2)27-17-28(21(3)15-31(27)40-4)32-37-29-8-6-5-7-26(29)33(39)38(32)36-18-23-16-25(35)13-14-30(23)41-19-22-9-11-24(34)12-10-22/h5-18,20H,19H2,1-4H3. The first-order chi connectivity index (χ1) is 19.7. The number of para-hydroxylation sites is 1. The summed E-state index contributed by atoms with van der Waals surface area (Å²) in [5.74, 6) is 1.98. The minimum Gasteiger partial charge on any atom is -0.496 e. The van der Waals surface area contributed by atoms with Crippen LogP contribution in [0.3, 0.4) is 0 Å². The van der Waals surface area contributed by atoms with E-state index in [4.69, 9.17) is 37.7 Å². The van der Waals surface area contributed by atoms with Crippen molar-refractivity contribution in [2.75, 3.05) is 7.11 Å². The van der Waals surface area contributed by atoms with Gasteiger partial charge in [-0.3, -0.25) is 4.79 Å². The van der Waals surface area contributed by atoms with E-state index in [0.29, 0.717) is 44.7 Å². The van der Waals surface area contributed by atoms with Gasteiger partial charge in [-0.25, -0.2) is 4.98 Å². The summed E-state index contributed by atoms with van der Waals surface area (Å²) in [6.07, 6.45) is 1.58. The average Bonchev–Trinajstić information content (AvgIpc) is 2.96. The fourth-order valence-electron chi connectivity index (χ4n) is 4.59. The zero-order valence-corrected chi connectivity index (χ0v) is 24.7. The first-order valence-electron chi connectivity index (χ1n) is 13.2. The van der Waals surface area contributed by atoms with E-state index in [1.54, 1.807) is 37.6 Å². The molecule has 0 aliphatic carbocycles. The van der Waals surface area contributed by atoms with Crippen molar-refractivity contribution in [2.24, 2.45) is 5.10 Å². The fraction of sp³-hybridized carbons (Fsp3) is 0.182. The molecular weight excluding hydrogens is 557 g/mol. The van der Waals surface area contributed by atoms with E-state index < -0.39 is 0 Å². The summed E-state index contributed by atoms with van der Waals surface area (Å²) in [7, 11) is 1.66. The molecule has 0 bridgehead atoms. The van der Waals surface area contributed by atoms with Crippen LogP contribution in [-0.2, 0) is 6.61 Å². The minimum absolute atomic E-state index is 0.195. The lowest BCUT2D eigenvalue weighted by Gasteiger charge is -2.17. The first kappa shape index (κ1) is 28.4. The summed E-state index contributed by atoms with van der Waals surface area (Å²) in [6.45, 7) is 6.49. The third kappa shape index (κ3) is 6.14. The van der Waals surface area contributed by atoms with Crippen LogP contribution in [0.2, 0.25) is 10.0 Å². The topological polar surface area (TPSA) is 65.7 Å². The van der Waals surface area contributed by atoms with Gasteiger partial charge in [0.25, 0.3) is 5.56 Å². The molecule has 1 aromatic heterocycles. The van der Waals surface area contributed by atoms with E-state index in [-0.39, 0.29) is 11.5 Å². The highest BCUT2D eigenvalue weighted by atomic mass is 35.5. The van der Waals surface area contributed by atoms with Crippen molar-refractivity contribution in [3.63, 3.8) is 0 Å². The van der Waals surface area contributed by atoms with Crippen LogP contribution in [0.4, 0.5) is 0 Å². The van der Waals surface area contributed by atoms with E-state index in [0.717, 1.165) is 28.0 Å². The molecule has 6 nitrogen and oxygen atoms in total. The molecule has 41 heavy (non-hydrogen) atoms. The van der Waals surface area contributed by atoms with Crippen LogP contribution in [0.15, 0.2) is 88.8 Å². The molecule has 0 saturated carbocycles. The van der Waals surface area contributed by atoms with Gasteiger partial charge in [-0.1, -0.05) is 61.3 Å². The maximum Gasteiger partial charge on any atom is 0.282 e. The second-order valence-electron chi connectivity index (χ2n) is 9.98. The zero-order valence-electron chi connectivity index (χ0n) is 23.2. The van der Waals surface area contributed by atoms with Crippen LogP contribution >= 0.6 is 23.2 Å². The molecular formula is C33H29Cl2N3O3. The maximum absolute atomic E-state index is 13.8. The van der Waals surface area contributed by atoms with Crippen molar-refractivity contribution in [3.05, 3.63) is 122 Å². The Balaban J connectivity index is 1.63. The first-order valence-corrected chi connectivity index (χ1v) is 13.9. The van der Waals surface area contributed by atoms with Crippen LogP contribution in [0.5, 0.6) is 11.5 Å². The molecule has 5 aromatic rings. The van der Waals surface area contributed by atoms with E-state index >= 15 is 0 Å². The molecule has 4 aromatic carbocycles. The molecule has 0 fully saturated rings. The molecule has 208 valence electrons. The largest absolute Gasteiger partial charge is 0.496 e. The lowest BCUT2D eigenvalue weighted by Crippen LogP contribution is -2.21. The SMILES string of the molecule is COc1cc(C)c(-c2nc3ccccc3c(=O)n2N=Cc2cc(Cl)ccc2OCc2ccc(Cl)cc2)cc1C(C)C. The highest BCUT2D eigenvalue weighted by Gasteiger charge is 2.18. The smallest absolute Gasteiger partial charge is 0.282 e. The van der Waals surface area contributed by atoms with Crippen molar-refractivity contribution < 1.29 is 9.47 Å². The fourth-order valence-corrected chi connectivity index (χ4v) is 4.89. The highest BCUT2D eigenvalue weighted by molar-refractivity contribution is 6.31. The van der Waals surface area contributed by atoms with Crippen molar-refractivity contribution in [3.8, 4) is 22.9 Å². The van der Waals surface area contributed by atoms with Gasteiger partial charge in [0.1, 0.15) is 18.1 Å². The maximum atomic E-state index is 13.8. The molecule has 0 radical (unpaired) electrons. The highest BCUT2D eigenvalue weighted by Crippen LogP contribution is 2.34. The van der Waals surface area contributed by atoms with E-state index in [2.05, 4.69) is 18.9 Å². The Kier molecular flexibility index (Phi) is 8.43. The zero-order chi connectivity index (χ0) is 29.1. The Labute approximate surface area is 248 Å². The van der Waals surface area contributed by atoms with Gasteiger partial charge >= 0.3 is 0 Å². The number of aryl methyl sites for hydroxylation is 1. The predicted molar refractivity (Wildman–Crippen MR) is 167 cm³/mol.